The number of rotatable bonds is 0. The Morgan fingerprint density at radius 3 is 1.78 bits per heavy atom. The van der Waals surface area contributed by atoms with Crippen molar-refractivity contribution in [3.8, 4) is 0 Å². The van der Waals surface area contributed by atoms with E-state index in [9.17, 15) is 5.11 Å². The van der Waals surface area contributed by atoms with Crippen LogP contribution in [0.4, 0.5) is 0 Å². The molecule has 1 nitrogen and oxygen atoms in total. The summed E-state index contributed by atoms with van der Waals surface area (Å²) in [6, 6.07) is 16.0. The molecular formula is C16H11LiO. The van der Waals surface area contributed by atoms with Crippen LogP contribution in [-0.4, -0.2) is 0 Å². The first-order chi connectivity index (χ1) is 8.33. The second kappa shape index (κ2) is 4.90. The fourth-order valence-corrected chi connectivity index (χ4v) is 2.38. The van der Waals surface area contributed by atoms with Gasteiger partial charge in [0.05, 0.1) is 0 Å². The van der Waals surface area contributed by atoms with Gasteiger partial charge in [0, 0.05) is 0 Å². The van der Waals surface area contributed by atoms with Crippen molar-refractivity contribution >= 4 is 34.4 Å². The van der Waals surface area contributed by atoms with Crippen LogP contribution in [0.3, 0.4) is 0 Å². The van der Waals surface area contributed by atoms with Gasteiger partial charge in [-0.05, 0) is 32.0 Å². The minimum absolute atomic E-state index is 0. The summed E-state index contributed by atoms with van der Waals surface area (Å²) in [6.45, 7) is 4.04. The van der Waals surface area contributed by atoms with E-state index in [0.717, 1.165) is 33.0 Å². The summed E-state index contributed by atoms with van der Waals surface area (Å²) in [5.41, 5.74) is 0. The SMILES string of the molecule is C=c1/c(=C\[O-])c2ccccc2c2ccccc12.[Li+]. The summed E-state index contributed by atoms with van der Waals surface area (Å²) in [5, 5.41) is 17.0. The van der Waals surface area contributed by atoms with E-state index >= 15 is 0 Å². The third-order valence-electron chi connectivity index (χ3n) is 3.20. The van der Waals surface area contributed by atoms with Gasteiger partial charge in [0.15, 0.2) is 0 Å². The summed E-state index contributed by atoms with van der Waals surface area (Å²) in [7, 11) is 0. The molecule has 0 saturated heterocycles. The van der Waals surface area contributed by atoms with Crippen LogP contribution in [0.1, 0.15) is 0 Å². The molecule has 0 amide bonds. The summed E-state index contributed by atoms with van der Waals surface area (Å²) < 4.78 is 0. The van der Waals surface area contributed by atoms with E-state index < -0.39 is 0 Å². The van der Waals surface area contributed by atoms with Gasteiger partial charge in [-0.3, -0.25) is 0 Å². The first-order valence-corrected chi connectivity index (χ1v) is 5.53. The van der Waals surface area contributed by atoms with Crippen molar-refractivity contribution in [2.75, 3.05) is 0 Å². The minimum atomic E-state index is 0. The summed E-state index contributed by atoms with van der Waals surface area (Å²) in [5.74, 6) is 0. The molecule has 2 heteroatoms. The molecule has 0 aliphatic carbocycles. The zero-order chi connectivity index (χ0) is 11.8. The van der Waals surface area contributed by atoms with Crippen molar-refractivity contribution in [2.45, 2.75) is 0 Å². The van der Waals surface area contributed by atoms with E-state index in [-0.39, 0.29) is 18.9 Å². The fraction of sp³-hybridized carbons (Fsp3) is 0. The molecule has 3 aromatic rings. The van der Waals surface area contributed by atoms with Crippen LogP contribution in [-0.2, 0) is 0 Å². The molecular weight excluding hydrogens is 215 g/mol. The Kier molecular flexibility index (Phi) is 3.47. The summed E-state index contributed by atoms with van der Waals surface area (Å²) in [6.07, 6.45) is 0.900. The molecule has 0 N–H and O–H groups in total. The Morgan fingerprint density at radius 2 is 1.22 bits per heavy atom. The van der Waals surface area contributed by atoms with Crippen LogP contribution in [0.5, 0.6) is 0 Å². The monoisotopic (exact) mass is 226 g/mol. The van der Waals surface area contributed by atoms with Crippen molar-refractivity contribution < 1.29 is 24.0 Å². The van der Waals surface area contributed by atoms with Crippen molar-refractivity contribution in [3.63, 3.8) is 0 Å². The molecule has 0 fully saturated rings. The van der Waals surface area contributed by atoms with Crippen LogP contribution in [0.2, 0.25) is 0 Å². The van der Waals surface area contributed by atoms with Gasteiger partial charge in [-0.25, -0.2) is 0 Å². The van der Waals surface area contributed by atoms with E-state index in [1.54, 1.807) is 0 Å². The zero-order valence-electron chi connectivity index (χ0n) is 10.3. The fourth-order valence-electron chi connectivity index (χ4n) is 2.38. The van der Waals surface area contributed by atoms with Crippen LogP contribution >= 0.6 is 0 Å². The quantitative estimate of drug-likeness (QED) is 0.338. The van der Waals surface area contributed by atoms with Gasteiger partial charge in [0.2, 0.25) is 0 Å². The van der Waals surface area contributed by atoms with Gasteiger partial charge in [0.25, 0.3) is 0 Å². The molecule has 0 atom stereocenters. The second-order valence-corrected chi connectivity index (χ2v) is 4.10. The molecule has 0 saturated carbocycles. The number of hydrogen-bond donors (Lipinski definition) is 0. The molecule has 82 valence electrons. The Balaban J connectivity index is 0.00000120. The average molecular weight is 226 g/mol. The number of hydrogen-bond acceptors (Lipinski definition) is 1. The third-order valence-corrected chi connectivity index (χ3v) is 3.20. The van der Waals surface area contributed by atoms with Crippen molar-refractivity contribution in [3.05, 3.63) is 59.0 Å². The number of benzene rings is 3. The minimum Gasteiger partial charge on any atom is -0.877 e. The summed E-state index contributed by atoms with van der Waals surface area (Å²) >= 11 is 0. The zero-order valence-corrected chi connectivity index (χ0v) is 10.3. The maximum absolute atomic E-state index is 11.2. The maximum atomic E-state index is 11.2. The van der Waals surface area contributed by atoms with E-state index in [4.69, 9.17) is 0 Å². The van der Waals surface area contributed by atoms with Crippen LogP contribution in [0.25, 0.3) is 34.4 Å². The topological polar surface area (TPSA) is 23.1 Å². The normalized spacial score (nSPS) is 11.7. The van der Waals surface area contributed by atoms with E-state index in [1.807, 2.05) is 42.5 Å². The molecule has 0 unspecified atom stereocenters. The van der Waals surface area contributed by atoms with E-state index in [0.29, 0.717) is 5.22 Å². The number of fused-ring (bicyclic) bond motifs is 3. The molecule has 0 spiro atoms. The average Bonchev–Trinajstić information content (AvgIpc) is 2.40. The van der Waals surface area contributed by atoms with Gasteiger partial charge >= 0.3 is 18.9 Å². The van der Waals surface area contributed by atoms with Crippen LogP contribution < -0.4 is 34.4 Å². The van der Waals surface area contributed by atoms with Gasteiger partial charge in [-0.1, -0.05) is 55.1 Å². The van der Waals surface area contributed by atoms with Gasteiger partial charge in [-0.15, -0.1) is 6.26 Å². The van der Waals surface area contributed by atoms with Crippen molar-refractivity contribution in [1.29, 1.82) is 0 Å². The molecule has 0 aliphatic heterocycles. The Hall–Kier alpha value is -1.68. The molecule has 0 aromatic heterocycles. The molecule has 0 aliphatic rings. The smallest absolute Gasteiger partial charge is 0.877 e. The molecule has 0 bridgehead atoms. The van der Waals surface area contributed by atoms with Gasteiger partial charge in [-0.2, -0.15) is 0 Å². The maximum Gasteiger partial charge on any atom is 1.00 e. The predicted molar refractivity (Wildman–Crippen MR) is 70.7 cm³/mol. The van der Waals surface area contributed by atoms with Crippen LogP contribution in [0, 0.1) is 0 Å². The first kappa shape index (κ1) is 12.8. The van der Waals surface area contributed by atoms with Gasteiger partial charge < -0.3 is 5.11 Å². The molecule has 18 heavy (non-hydrogen) atoms. The molecule has 3 aromatic carbocycles. The second-order valence-electron chi connectivity index (χ2n) is 4.10. The Labute approximate surface area is 117 Å². The Bertz CT molecular complexity index is 821. The van der Waals surface area contributed by atoms with E-state index in [1.165, 1.54) is 0 Å². The predicted octanol–water partition coefficient (Wildman–Crippen LogP) is -1.49. The Morgan fingerprint density at radius 1 is 0.778 bits per heavy atom. The third kappa shape index (κ3) is 1.73. The van der Waals surface area contributed by atoms with Gasteiger partial charge in [0.1, 0.15) is 0 Å². The standard InChI is InChI=1S/C16H12O.Li/c1-11-12-6-2-3-7-13(12)14-8-4-5-9-15(14)16(11)10-17;/h2-10,17H,1H2;/q;+1/p-1/b16-10+;. The molecule has 0 radical (unpaired) electrons. The molecule has 3 rings (SSSR count). The molecule has 0 heterocycles. The first-order valence-electron chi connectivity index (χ1n) is 5.53. The van der Waals surface area contributed by atoms with E-state index in [2.05, 4.69) is 12.6 Å². The largest absolute Gasteiger partial charge is 1.00 e. The summed E-state index contributed by atoms with van der Waals surface area (Å²) in [4.78, 5) is 0. The van der Waals surface area contributed by atoms with Crippen molar-refractivity contribution in [1.82, 2.24) is 0 Å². The van der Waals surface area contributed by atoms with Crippen LogP contribution in [0.15, 0.2) is 48.5 Å². The van der Waals surface area contributed by atoms with Crippen molar-refractivity contribution in [2.24, 2.45) is 0 Å².